The first-order chi connectivity index (χ1) is 11.2. The summed E-state index contributed by atoms with van der Waals surface area (Å²) < 4.78 is 0. The third kappa shape index (κ3) is 11.6. The van der Waals surface area contributed by atoms with Crippen molar-refractivity contribution in [3.05, 3.63) is 35.9 Å². The molecule has 0 saturated heterocycles. The van der Waals surface area contributed by atoms with Gasteiger partial charge < -0.3 is 32.1 Å². The molecule has 0 aromatic heterocycles. The van der Waals surface area contributed by atoms with Crippen molar-refractivity contribution < 1.29 is 24.9 Å². The molecule has 132 valence electrons. The van der Waals surface area contributed by atoms with Crippen LogP contribution >= 0.6 is 0 Å². The highest BCUT2D eigenvalue weighted by molar-refractivity contribution is 5.85. The molecule has 24 heavy (non-hydrogen) atoms. The lowest BCUT2D eigenvalue weighted by atomic mass is 10.2. The predicted octanol–water partition coefficient (Wildman–Crippen LogP) is 0.152. The van der Waals surface area contributed by atoms with Gasteiger partial charge >= 0.3 is 11.9 Å². The van der Waals surface area contributed by atoms with Crippen LogP contribution in [0.15, 0.2) is 30.3 Å². The highest BCUT2D eigenvalue weighted by atomic mass is 16.4. The molecule has 9 nitrogen and oxygen atoms in total. The number of aliphatic carboxylic acids is 2. The second kappa shape index (κ2) is 11.5. The molecule has 0 bridgehead atoms. The minimum atomic E-state index is -1.00. The molecule has 0 saturated carbocycles. The van der Waals surface area contributed by atoms with E-state index in [4.69, 9.17) is 32.2 Å². The summed E-state index contributed by atoms with van der Waals surface area (Å²) in [6.45, 7) is 0.482. The maximum atomic E-state index is 10.2. The molecule has 1 unspecified atom stereocenters. The van der Waals surface area contributed by atoms with E-state index >= 15 is 0 Å². The van der Waals surface area contributed by atoms with E-state index < -0.39 is 18.0 Å². The normalized spacial score (nSPS) is 11.2. The quantitative estimate of drug-likeness (QED) is 0.158. The van der Waals surface area contributed by atoms with E-state index in [1.54, 1.807) is 12.1 Å². The molecular formula is C15H22N4O5. The number of nitrogens with two attached hydrogens (primary N) is 2. The first-order valence-electron chi connectivity index (χ1n) is 6.98. The molecule has 0 heterocycles. The summed E-state index contributed by atoms with van der Waals surface area (Å²) in [6.07, 6.45) is 3.48. The molecule has 1 aromatic carbocycles. The fraction of sp³-hybridized carbons (Fsp3) is 0.267. The Balaban J connectivity index is 0.000000441. The van der Waals surface area contributed by atoms with Crippen LogP contribution in [0.25, 0.3) is 6.08 Å². The van der Waals surface area contributed by atoms with Gasteiger partial charge in [0.25, 0.3) is 0 Å². The number of benzene rings is 1. The van der Waals surface area contributed by atoms with Crippen LogP contribution in [0.4, 0.5) is 0 Å². The third-order valence-corrected chi connectivity index (χ3v) is 2.64. The van der Waals surface area contributed by atoms with Crippen molar-refractivity contribution in [3.8, 4) is 5.75 Å². The number of phenolic OH excluding ortho intramolecular Hbond substituents is 1. The van der Waals surface area contributed by atoms with Gasteiger partial charge in [0.2, 0.25) is 0 Å². The molecule has 0 radical (unpaired) electrons. The lowest BCUT2D eigenvalue weighted by Crippen LogP contribution is -2.34. The van der Waals surface area contributed by atoms with Crippen LogP contribution in [0, 0.1) is 5.41 Å². The molecule has 0 aliphatic carbocycles. The maximum Gasteiger partial charge on any atom is 0.328 e. The van der Waals surface area contributed by atoms with Gasteiger partial charge in [0.15, 0.2) is 5.96 Å². The second-order valence-electron chi connectivity index (χ2n) is 4.69. The highest BCUT2D eigenvalue weighted by Crippen LogP contribution is 2.10. The molecule has 0 amide bonds. The van der Waals surface area contributed by atoms with Crippen LogP contribution in [-0.4, -0.2) is 45.8 Å². The Labute approximate surface area is 139 Å². The standard InChI is InChI=1S/C9H8O3.C6H14N4O2/c10-8-4-1-7(2-5-8)3-6-9(11)12;7-4(5(11)12)2-1-3-10-6(8)9/h1-6,10H,(H,11,12);4H,1-3,7H2,(H,11,12)(H4,8,9,10)/b6-3+;. The number of phenols is 1. The van der Waals surface area contributed by atoms with Crippen molar-refractivity contribution in [2.75, 3.05) is 6.54 Å². The summed E-state index contributed by atoms with van der Waals surface area (Å²) in [5, 5.41) is 34.9. The van der Waals surface area contributed by atoms with E-state index in [9.17, 15) is 9.59 Å². The summed E-state index contributed by atoms with van der Waals surface area (Å²) in [7, 11) is 0. The molecule has 9 heteroatoms. The number of guanidine groups is 1. The van der Waals surface area contributed by atoms with E-state index in [1.165, 1.54) is 18.2 Å². The SMILES string of the molecule is N=C(N)NCCCC(N)C(=O)O.O=C(O)/C=C/c1ccc(O)cc1. The zero-order valence-corrected chi connectivity index (χ0v) is 13.0. The number of nitrogens with one attached hydrogen (secondary N) is 2. The molecule has 9 N–H and O–H groups in total. The van der Waals surface area contributed by atoms with Crippen LogP contribution in [0.2, 0.25) is 0 Å². The first-order valence-corrected chi connectivity index (χ1v) is 6.98. The van der Waals surface area contributed by atoms with Gasteiger partial charge in [0, 0.05) is 12.6 Å². The third-order valence-electron chi connectivity index (χ3n) is 2.64. The Morgan fingerprint density at radius 3 is 2.29 bits per heavy atom. The summed E-state index contributed by atoms with van der Waals surface area (Å²) in [4.78, 5) is 20.3. The Hall–Kier alpha value is -3.07. The second-order valence-corrected chi connectivity index (χ2v) is 4.69. The number of hydrogen-bond acceptors (Lipinski definition) is 5. The Bertz CT molecular complexity index is 572. The predicted molar refractivity (Wildman–Crippen MR) is 89.5 cm³/mol. The lowest BCUT2D eigenvalue weighted by Gasteiger charge is -2.06. The Kier molecular flexibility index (Phi) is 10.0. The summed E-state index contributed by atoms with van der Waals surface area (Å²) in [5.74, 6) is -1.93. The van der Waals surface area contributed by atoms with Crippen molar-refractivity contribution in [2.45, 2.75) is 18.9 Å². The minimum Gasteiger partial charge on any atom is -0.508 e. The van der Waals surface area contributed by atoms with Gasteiger partial charge in [-0.25, -0.2) is 4.79 Å². The number of rotatable bonds is 7. The van der Waals surface area contributed by atoms with Gasteiger partial charge in [-0.2, -0.15) is 0 Å². The molecule has 1 aromatic rings. The average Bonchev–Trinajstić information content (AvgIpc) is 2.51. The number of carbonyl (C=O) groups is 2. The van der Waals surface area contributed by atoms with Crippen LogP contribution in [0.1, 0.15) is 18.4 Å². The fourth-order valence-corrected chi connectivity index (χ4v) is 1.42. The van der Waals surface area contributed by atoms with E-state index in [0.717, 1.165) is 11.6 Å². The smallest absolute Gasteiger partial charge is 0.328 e. The van der Waals surface area contributed by atoms with Crippen LogP contribution in [-0.2, 0) is 9.59 Å². The van der Waals surface area contributed by atoms with Crippen molar-refractivity contribution >= 4 is 24.0 Å². The van der Waals surface area contributed by atoms with Gasteiger partial charge in [0.05, 0.1) is 0 Å². The zero-order valence-electron chi connectivity index (χ0n) is 13.0. The fourth-order valence-electron chi connectivity index (χ4n) is 1.42. The zero-order chi connectivity index (χ0) is 18.5. The van der Waals surface area contributed by atoms with Crippen LogP contribution in [0.5, 0.6) is 5.75 Å². The Morgan fingerprint density at radius 1 is 1.25 bits per heavy atom. The van der Waals surface area contributed by atoms with E-state index in [2.05, 4.69) is 5.32 Å². The largest absolute Gasteiger partial charge is 0.508 e. The Morgan fingerprint density at radius 2 is 1.83 bits per heavy atom. The molecule has 0 fully saturated rings. The highest BCUT2D eigenvalue weighted by Gasteiger charge is 2.09. The van der Waals surface area contributed by atoms with Gasteiger partial charge in [-0.05, 0) is 36.6 Å². The van der Waals surface area contributed by atoms with Crippen LogP contribution in [0.3, 0.4) is 0 Å². The maximum absolute atomic E-state index is 10.2. The number of carboxylic acids is 2. The average molecular weight is 338 g/mol. The topological polar surface area (TPSA) is 183 Å². The first kappa shape index (κ1) is 20.9. The van der Waals surface area contributed by atoms with Gasteiger partial charge in [-0.3, -0.25) is 10.2 Å². The minimum absolute atomic E-state index is 0.112. The summed E-state index contributed by atoms with van der Waals surface area (Å²) in [6, 6.07) is 5.45. The van der Waals surface area contributed by atoms with E-state index in [0.29, 0.717) is 19.4 Å². The van der Waals surface area contributed by atoms with Crippen molar-refractivity contribution in [2.24, 2.45) is 11.5 Å². The molecule has 1 rings (SSSR count). The van der Waals surface area contributed by atoms with Gasteiger partial charge in [0.1, 0.15) is 11.8 Å². The van der Waals surface area contributed by atoms with Gasteiger partial charge in [-0.15, -0.1) is 0 Å². The molecule has 1 atom stereocenters. The molecular weight excluding hydrogens is 316 g/mol. The van der Waals surface area contributed by atoms with E-state index in [-0.39, 0.29) is 11.7 Å². The summed E-state index contributed by atoms with van der Waals surface area (Å²) in [5.41, 5.74) is 11.0. The van der Waals surface area contributed by atoms with Crippen molar-refractivity contribution in [1.82, 2.24) is 5.32 Å². The number of hydrogen-bond donors (Lipinski definition) is 7. The molecule has 0 spiro atoms. The summed E-state index contributed by atoms with van der Waals surface area (Å²) >= 11 is 0. The number of aromatic hydroxyl groups is 1. The van der Waals surface area contributed by atoms with E-state index in [1.807, 2.05) is 0 Å². The lowest BCUT2D eigenvalue weighted by molar-refractivity contribution is -0.138. The van der Waals surface area contributed by atoms with Gasteiger partial charge in [-0.1, -0.05) is 12.1 Å². The monoisotopic (exact) mass is 338 g/mol. The van der Waals surface area contributed by atoms with Crippen molar-refractivity contribution in [1.29, 1.82) is 5.41 Å². The van der Waals surface area contributed by atoms with Crippen molar-refractivity contribution in [3.63, 3.8) is 0 Å². The number of carboxylic acid groups (broad SMARTS) is 2. The molecule has 0 aliphatic rings. The molecule has 0 aliphatic heterocycles. The van der Waals surface area contributed by atoms with Crippen LogP contribution < -0.4 is 16.8 Å².